The zero-order valence-corrected chi connectivity index (χ0v) is 18.8. The first-order valence-corrected chi connectivity index (χ1v) is 11.4. The minimum atomic E-state index is -1.13. The van der Waals surface area contributed by atoms with Gasteiger partial charge in [0.2, 0.25) is 0 Å². The molecule has 0 aromatic heterocycles. The van der Waals surface area contributed by atoms with Gasteiger partial charge in [-0.25, -0.2) is 0 Å². The summed E-state index contributed by atoms with van der Waals surface area (Å²) in [6.45, 7) is 2.53. The Balaban J connectivity index is 1.52. The minimum Gasteiger partial charge on any atom is -0.379 e. The standard InChI is InChI=1S/C31H29NO/c33-31(29-19-9-3-10-20-29,30-21-11-4-12-22-30)23-13-14-24-32(25-27-15-5-1-6-16-27)26-28-17-7-2-8-18-28/h1-12,15-22,33H,23-26H2/p+1. The van der Waals surface area contributed by atoms with Gasteiger partial charge in [-0.1, -0.05) is 127 Å². The number of hydrogen-bond acceptors (Lipinski definition) is 1. The third-order valence-corrected chi connectivity index (χ3v) is 5.90. The molecule has 0 aliphatic carbocycles. The van der Waals surface area contributed by atoms with Crippen molar-refractivity contribution in [1.29, 1.82) is 0 Å². The molecule has 2 N–H and O–H groups in total. The number of benzene rings is 4. The maximum absolute atomic E-state index is 11.7. The van der Waals surface area contributed by atoms with E-state index < -0.39 is 5.60 Å². The maximum Gasteiger partial charge on any atom is 0.139 e. The quantitative estimate of drug-likeness (QED) is 0.391. The van der Waals surface area contributed by atoms with E-state index in [9.17, 15) is 5.11 Å². The highest BCUT2D eigenvalue weighted by Crippen LogP contribution is 2.32. The van der Waals surface area contributed by atoms with Crippen LogP contribution in [-0.4, -0.2) is 11.7 Å². The molecule has 0 heterocycles. The van der Waals surface area contributed by atoms with Gasteiger partial charge in [0.05, 0.1) is 0 Å². The molecule has 4 aromatic rings. The largest absolute Gasteiger partial charge is 0.379 e. The van der Waals surface area contributed by atoms with Gasteiger partial charge in [0.1, 0.15) is 25.2 Å². The number of quaternary nitrogens is 1. The molecule has 0 aliphatic rings. The summed E-state index contributed by atoms with van der Waals surface area (Å²) in [6, 6.07) is 40.8. The van der Waals surface area contributed by atoms with Crippen LogP contribution in [0.1, 0.15) is 28.7 Å². The van der Waals surface area contributed by atoms with Gasteiger partial charge >= 0.3 is 0 Å². The van der Waals surface area contributed by atoms with Gasteiger partial charge in [0, 0.05) is 17.5 Å². The molecule has 4 aromatic carbocycles. The molecule has 2 nitrogen and oxygen atoms in total. The Morgan fingerprint density at radius 2 is 0.939 bits per heavy atom. The predicted molar refractivity (Wildman–Crippen MR) is 134 cm³/mol. The summed E-state index contributed by atoms with van der Waals surface area (Å²) >= 11 is 0. The monoisotopic (exact) mass is 432 g/mol. The second-order valence-corrected chi connectivity index (χ2v) is 8.37. The first-order valence-electron chi connectivity index (χ1n) is 11.4. The molecular formula is C31H30NO+. The molecule has 0 amide bonds. The Morgan fingerprint density at radius 3 is 1.36 bits per heavy atom. The lowest BCUT2D eigenvalue weighted by Gasteiger charge is -2.27. The number of hydrogen-bond donors (Lipinski definition) is 2. The third kappa shape index (κ3) is 6.20. The molecule has 164 valence electrons. The van der Waals surface area contributed by atoms with Crippen molar-refractivity contribution in [3.63, 3.8) is 0 Å². The van der Waals surface area contributed by atoms with E-state index in [0.717, 1.165) is 24.2 Å². The highest BCUT2D eigenvalue weighted by molar-refractivity contribution is 5.37. The van der Waals surface area contributed by atoms with Crippen molar-refractivity contribution < 1.29 is 10.0 Å². The highest BCUT2D eigenvalue weighted by atomic mass is 16.3. The van der Waals surface area contributed by atoms with E-state index in [0.29, 0.717) is 13.0 Å². The molecule has 0 atom stereocenters. The number of rotatable bonds is 8. The highest BCUT2D eigenvalue weighted by Gasteiger charge is 2.30. The zero-order chi connectivity index (χ0) is 22.8. The van der Waals surface area contributed by atoms with Crippen LogP contribution in [0.2, 0.25) is 0 Å². The number of nitrogens with one attached hydrogen (secondary N) is 1. The van der Waals surface area contributed by atoms with Crippen molar-refractivity contribution in [3.8, 4) is 11.8 Å². The fourth-order valence-corrected chi connectivity index (χ4v) is 4.13. The normalized spacial score (nSPS) is 11.1. The first-order chi connectivity index (χ1) is 16.2. The van der Waals surface area contributed by atoms with Crippen LogP contribution in [0.4, 0.5) is 0 Å². The molecule has 0 radical (unpaired) electrons. The molecule has 4 rings (SSSR count). The Kier molecular flexibility index (Phi) is 7.72. The van der Waals surface area contributed by atoms with E-state index >= 15 is 0 Å². The molecule has 0 bridgehead atoms. The van der Waals surface area contributed by atoms with Crippen molar-refractivity contribution in [3.05, 3.63) is 144 Å². The zero-order valence-electron chi connectivity index (χ0n) is 18.8. The van der Waals surface area contributed by atoms with Crippen LogP contribution in [0, 0.1) is 11.8 Å². The van der Waals surface area contributed by atoms with Crippen LogP contribution in [0.15, 0.2) is 121 Å². The van der Waals surface area contributed by atoms with Crippen molar-refractivity contribution in [2.75, 3.05) is 6.54 Å². The molecule has 0 aliphatic heterocycles. The second-order valence-electron chi connectivity index (χ2n) is 8.37. The first kappa shape index (κ1) is 22.6. The van der Waals surface area contributed by atoms with E-state index in [1.807, 2.05) is 72.8 Å². The van der Waals surface area contributed by atoms with Crippen molar-refractivity contribution in [2.24, 2.45) is 0 Å². The topological polar surface area (TPSA) is 24.7 Å². The molecule has 33 heavy (non-hydrogen) atoms. The lowest BCUT2D eigenvalue weighted by atomic mass is 9.84. The SMILES string of the molecule is OC(CC#CC[NH+](Cc1ccccc1)Cc1ccccc1)(c1ccccc1)c1ccccc1. The summed E-state index contributed by atoms with van der Waals surface area (Å²) in [5, 5.41) is 11.7. The van der Waals surface area contributed by atoms with Crippen LogP contribution in [0.5, 0.6) is 0 Å². The lowest BCUT2D eigenvalue weighted by molar-refractivity contribution is -0.920. The molecule has 0 saturated heterocycles. The van der Waals surface area contributed by atoms with Crippen LogP contribution in [0.3, 0.4) is 0 Å². The van der Waals surface area contributed by atoms with E-state index in [-0.39, 0.29) is 0 Å². The van der Waals surface area contributed by atoms with Gasteiger partial charge in [0.25, 0.3) is 0 Å². The summed E-state index contributed by atoms with van der Waals surface area (Å²) in [7, 11) is 0. The van der Waals surface area contributed by atoms with Gasteiger partial charge < -0.3 is 10.0 Å². The third-order valence-electron chi connectivity index (χ3n) is 5.90. The van der Waals surface area contributed by atoms with Gasteiger partial charge in [-0.2, -0.15) is 0 Å². The molecule has 0 fully saturated rings. The summed E-state index contributed by atoms with van der Waals surface area (Å²) < 4.78 is 0. The molecule has 0 saturated carbocycles. The van der Waals surface area contributed by atoms with E-state index in [1.54, 1.807) is 0 Å². The average Bonchev–Trinajstić information content (AvgIpc) is 2.88. The fraction of sp³-hybridized carbons (Fsp3) is 0.161. The van der Waals surface area contributed by atoms with Gasteiger partial charge in [-0.15, -0.1) is 0 Å². The van der Waals surface area contributed by atoms with Gasteiger partial charge in [-0.05, 0) is 17.0 Å². The Morgan fingerprint density at radius 1 is 0.545 bits per heavy atom. The Labute approximate surface area is 197 Å². The smallest absolute Gasteiger partial charge is 0.139 e. The van der Waals surface area contributed by atoms with Gasteiger partial charge in [-0.3, -0.25) is 0 Å². The molecular weight excluding hydrogens is 402 g/mol. The lowest BCUT2D eigenvalue weighted by Crippen LogP contribution is -3.09. The maximum atomic E-state index is 11.7. The fourth-order valence-electron chi connectivity index (χ4n) is 4.13. The summed E-state index contributed by atoms with van der Waals surface area (Å²) in [4.78, 5) is 1.38. The van der Waals surface area contributed by atoms with Crippen molar-refractivity contribution >= 4 is 0 Å². The van der Waals surface area contributed by atoms with E-state index in [1.165, 1.54) is 16.0 Å². The van der Waals surface area contributed by atoms with Crippen LogP contribution >= 0.6 is 0 Å². The van der Waals surface area contributed by atoms with Crippen LogP contribution in [-0.2, 0) is 18.7 Å². The predicted octanol–water partition coefficient (Wildman–Crippen LogP) is 4.60. The molecule has 2 heteroatoms. The molecule has 0 unspecified atom stereocenters. The van der Waals surface area contributed by atoms with Crippen molar-refractivity contribution in [2.45, 2.75) is 25.1 Å². The minimum absolute atomic E-state index is 0.352. The van der Waals surface area contributed by atoms with E-state index in [2.05, 4.69) is 60.4 Å². The number of aliphatic hydroxyl groups is 1. The van der Waals surface area contributed by atoms with Crippen LogP contribution in [0.25, 0.3) is 0 Å². The summed E-state index contributed by atoms with van der Waals surface area (Å²) in [5.74, 6) is 6.68. The van der Waals surface area contributed by atoms with Crippen molar-refractivity contribution in [1.82, 2.24) is 0 Å². The Bertz CT molecular complexity index is 1080. The summed E-state index contributed by atoms with van der Waals surface area (Å²) in [6.07, 6.45) is 0.352. The van der Waals surface area contributed by atoms with E-state index in [4.69, 9.17) is 0 Å². The molecule has 0 spiro atoms. The second kappa shape index (κ2) is 11.3. The summed E-state index contributed by atoms with van der Waals surface area (Å²) in [5.41, 5.74) is 3.20. The van der Waals surface area contributed by atoms with Crippen LogP contribution < -0.4 is 4.90 Å². The Hall–Kier alpha value is -3.64. The average molecular weight is 433 g/mol. The van der Waals surface area contributed by atoms with Gasteiger partial charge in [0.15, 0.2) is 0 Å².